The Bertz CT molecular complexity index is 1120. The van der Waals surface area contributed by atoms with Crippen molar-refractivity contribution < 1.29 is 22.4 Å². The van der Waals surface area contributed by atoms with Gasteiger partial charge in [-0.1, -0.05) is 18.4 Å². The normalized spacial score (nSPS) is 11.1. The van der Waals surface area contributed by atoms with Crippen molar-refractivity contribution >= 4 is 34.0 Å². The van der Waals surface area contributed by atoms with Crippen LogP contribution in [0.25, 0.3) is 11.0 Å². The number of aromatic nitrogens is 2. The third-order valence-corrected chi connectivity index (χ3v) is 4.57. The number of pyridine rings is 1. The average molecular weight is 393 g/mol. The molecule has 0 aliphatic rings. The number of amides is 1. The summed E-state index contributed by atoms with van der Waals surface area (Å²) in [6.45, 7) is 2.91. The van der Waals surface area contributed by atoms with E-state index in [9.17, 15) is 22.4 Å². The number of rotatable bonds is 2. The van der Waals surface area contributed by atoms with E-state index in [2.05, 4.69) is 28.7 Å². The highest BCUT2D eigenvalue weighted by Gasteiger charge is 2.32. The van der Waals surface area contributed by atoms with Gasteiger partial charge in [0, 0.05) is 18.6 Å². The van der Waals surface area contributed by atoms with Crippen LogP contribution in [-0.4, -0.2) is 15.5 Å². The molecule has 0 unspecified atom stereocenters. The first-order valence-corrected chi connectivity index (χ1v) is 8.26. The first-order valence-electron chi connectivity index (χ1n) is 7.45. The Labute approximate surface area is 155 Å². The van der Waals surface area contributed by atoms with Gasteiger partial charge in [-0.05, 0) is 18.2 Å². The number of halogens is 4. The molecule has 3 aromatic heterocycles. The van der Waals surface area contributed by atoms with Gasteiger partial charge in [0.1, 0.15) is 10.5 Å². The molecule has 3 aromatic rings. The molecular weight excluding hydrogens is 382 g/mol. The Morgan fingerprint density at radius 1 is 1.33 bits per heavy atom. The highest BCUT2D eigenvalue weighted by Crippen LogP contribution is 2.34. The third kappa shape index (κ3) is 4.01. The van der Waals surface area contributed by atoms with Crippen molar-refractivity contribution in [3.05, 3.63) is 58.3 Å². The summed E-state index contributed by atoms with van der Waals surface area (Å²) in [7, 11) is 1.73. The number of fused-ring (bicyclic) bond motifs is 1. The molecule has 0 aromatic carbocycles. The smallest absolute Gasteiger partial charge is 0.334 e. The number of nitrogens with one attached hydrogen (secondary N) is 1. The van der Waals surface area contributed by atoms with Crippen LogP contribution in [0.15, 0.2) is 43.0 Å². The minimum absolute atomic E-state index is 0.246. The molecule has 0 bridgehead atoms. The largest absolute Gasteiger partial charge is 0.425 e. The zero-order valence-electron chi connectivity index (χ0n) is 13.8. The van der Waals surface area contributed by atoms with Gasteiger partial charge in [0.05, 0.1) is 22.3 Å². The number of anilines is 1. The fourth-order valence-electron chi connectivity index (χ4n) is 2.31. The van der Waals surface area contributed by atoms with Crippen LogP contribution >= 0.6 is 11.3 Å². The van der Waals surface area contributed by atoms with Crippen molar-refractivity contribution in [3.63, 3.8) is 0 Å². The lowest BCUT2D eigenvalue weighted by Crippen LogP contribution is -2.11. The second kappa shape index (κ2) is 6.89. The van der Waals surface area contributed by atoms with E-state index in [0.717, 1.165) is 6.07 Å². The minimum atomic E-state index is -4.40. The molecule has 0 saturated heterocycles. The monoisotopic (exact) mass is 393 g/mol. The Morgan fingerprint density at radius 3 is 2.70 bits per heavy atom. The molecule has 0 saturated carbocycles. The number of nitrogens with zero attached hydrogens (tertiary/aromatic N) is 2. The van der Waals surface area contributed by atoms with Gasteiger partial charge in [-0.15, -0.1) is 11.3 Å². The van der Waals surface area contributed by atoms with Gasteiger partial charge >= 0.3 is 6.18 Å². The zero-order valence-corrected chi connectivity index (χ0v) is 14.6. The second-order valence-corrected chi connectivity index (χ2v) is 6.60. The Kier molecular flexibility index (Phi) is 4.76. The first-order chi connectivity index (χ1) is 12.6. The molecule has 9 heteroatoms. The van der Waals surface area contributed by atoms with Gasteiger partial charge in [0.25, 0.3) is 5.91 Å². The Balaban J connectivity index is 1.96. The summed E-state index contributed by atoms with van der Waals surface area (Å²) in [4.78, 5) is 15.1. The molecule has 27 heavy (non-hydrogen) atoms. The molecule has 0 spiro atoms. The van der Waals surface area contributed by atoms with E-state index < -0.39 is 22.8 Å². The van der Waals surface area contributed by atoms with Crippen molar-refractivity contribution in [2.24, 2.45) is 7.05 Å². The van der Waals surface area contributed by atoms with Gasteiger partial charge in [0.15, 0.2) is 5.83 Å². The summed E-state index contributed by atoms with van der Waals surface area (Å²) < 4.78 is 52.5. The quantitative estimate of drug-likeness (QED) is 0.397. The van der Waals surface area contributed by atoms with E-state index >= 15 is 0 Å². The maximum absolute atomic E-state index is 12.8. The molecule has 0 aliphatic carbocycles. The lowest BCUT2D eigenvalue weighted by atomic mass is 10.2. The number of thiophene rings is 1. The maximum Gasteiger partial charge on any atom is 0.425 e. The van der Waals surface area contributed by atoms with Gasteiger partial charge < -0.3 is 9.88 Å². The van der Waals surface area contributed by atoms with E-state index in [-0.39, 0.29) is 10.6 Å². The topological polar surface area (TPSA) is 46.9 Å². The van der Waals surface area contributed by atoms with Crippen LogP contribution in [-0.2, 0) is 18.0 Å². The van der Waals surface area contributed by atoms with Gasteiger partial charge in [0.2, 0.25) is 0 Å². The predicted octanol–water partition coefficient (Wildman–Crippen LogP) is 4.48. The minimum Gasteiger partial charge on any atom is -0.334 e. The van der Waals surface area contributed by atoms with Crippen molar-refractivity contribution in [2.45, 2.75) is 6.18 Å². The maximum atomic E-state index is 12.8. The van der Waals surface area contributed by atoms with Crippen LogP contribution in [0, 0.1) is 11.8 Å². The number of aryl methyl sites for hydroxylation is 1. The summed E-state index contributed by atoms with van der Waals surface area (Å²) in [6, 6.07) is 3.85. The van der Waals surface area contributed by atoms with Gasteiger partial charge in [-0.3, -0.25) is 4.79 Å². The number of hydrogen-bond donors (Lipinski definition) is 1. The molecule has 138 valence electrons. The molecular formula is C18H11F4N3OS. The van der Waals surface area contributed by atoms with E-state index in [1.807, 2.05) is 0 Å². The molecule has 4 nitrogen and oxygen atoms in total. The van der Waals surface area contributed by atoms with Crippen molar-refractivity contribution in [1.29, 1.82) is 0 Å². The van der Waals surface area contributed by atoms with Crippen LogP contribution < -0.4 is 5.32 Å². The lowest BCUT2D eigenvalue weighted by molar-refractivity contribution is -0.134. The summed E-state index contributed by atoms with van der Waals surface area (Å²) >= 11 is 0.557. The van der Waals surface area contributed by atoms with E-state index in [1.165, 1.54) is 12.3 Å². The number of carbonyl (C=O) groups is 1. The number of hydrogen-bond acceptors (Lipinski definition) is 3. The predicted molar refractivity (Wildman–Crippen MR) is 94.9 cm³/mol. The second-order valence-electron chi connectivity index (χ2n) is 5.52. The molecule has 0 fully saturated rings. The molecule has 0 radical (unpaired) electrons. The molecule has 0 atom stereocenters. The van der Waals surface area contributed by atoms with Crippen LogP contribution in [0.3, 0.4) is 0 Å². The standard InChI is InChI=1S/C18H11F4N3OS/c1-10(19)17(26)24-12-7-14-11(9-25(2)16(14)23-8-12)3-4-13-5-6-15(27-13)18(20,21)22/h5-9H,1H2,2H3,(H,24,26). The average Bonchev–Trinajstić information content (AvgIpc) is 3.18. The van der Waals surface area contributed by atoms with Crippen LogP contribution in [0.5, 0.6) is 0 Å². The lowest BCUT2D eigenvalue weighted by Gasteiger charge is -2.03. The summed E-state index contributed by atoms with van der Waals surface area (Å²) in [6.07, 6.45) is -1.38. The highest BCUT2D eigenvalue weighted by atomic mass is 32.1. The van der Waals surface area contributed by atoms with Crippen LogP contribution in [0.4, 0.5) is 23.2 Å². The van der Waals surface area contributed by atoms with Crippen LogP contribution in [0.1, 0.15) is 15.3 Å². The highest BCUT2D eigenvalue weighted by molar-refractivity contribution is 7.12. The molecule has 0 aliphatic heterocycles. The van der Waals surface area contributed by atoms with Crippen molar-refractivity contribution in [2.75, 3.05) is 5.32 Å². The molecule has 3 rings (SSSR count). The van der Waals surface area contributed by atoms with Crippen LogP contribution in [0.2, 0.25) is 0 Å². The summed E-state index contributed by atoms with van der Waals surface area (Å²) in [5.74, 6) is 3.40. The fraction of sp³-hybridized carbons (Fsp3) is 0.111. The van der Waals surface area contributed by atoms with E-state index in [4.69, 9.17) is 0 Å². The Hall–Kier alpha value is -3.12. The molecule has 1 N–H and O–H groups in total. The van der Waals surface area contributed by atoms with E-state index in [1.54, 1.807) is 23.9 Å². The molecule has 1 amide bonds. The fourth-order valence-corrected chi connectivity index (χ4v) is 3.04. The van der Waals surface area contributed by atoms with Gasteiger partial charge in [-0.2, -0.15) is 13.2 Å². The third-order valence-electron chi connectivity index (χ3n) is 3.52. The SMILES string of the molecule is C=C(F)C(=O)Nc1cnc2c(c1)c(C#Cc1ccc(C(F)(F)F)s1)cn2C. The number of carbonyl (C=O) groups excluding carboxylic acids is 1. The zero-order chi connectivity index (χ0) is 19.8. The number of alkyl halides is 3. The molecule has 3 heterocycles. The summed E-state index contributed by atoms with van der Waals surface area (Å²) in [5.41, 5.74) is 1.31. The van der Waals surface area contributed by atoms with Crippen molar-refractivity contribution in [1.82, 2.24) is 9.55 Å². The first kappa shape index (κ1) is 18.7. The van der Waals surface area contributed by atoms with Gasteiger partial charge in [-0.25, -0.2) is 9.37 Å². The van der Waals surface area contributed by atoms with Crippen molar-refractivity contribution in [3.8, 4) is 11.8 Å². The Morgan fingerprint density at radius 2 is 2.07 bits per heavy atom. The van der Waals surface area contributed by atoms with E-state index in [0.29, 0.717) is 27.9 Å². The summed E-state index contributed by atoms with van der Waals surface area (Å²) in [5, 5.41) is 2.88.